The van der Waals surface area contributed by atoms with Gasteiger partial charge >= 0.3 is 5.97 Å². The lowest BCUT2D eigenvalue weighted by atomic mass is 10.1. The number of carboxylic acid groups (broad SMARTS) is 1. The molecule has 1 N–H and O–H groups in total. The molecular formula is C18H24N2O2. The summed E-state index contributed by atoms with van der Waals surface area (Å²) in [5, 5.41) is 10.1. The average Bonchev–Trinajstić information content (AvgIpc) is 2.80. The first kappa shape index (κ1) is 15.1. The zero-order valence-corrected chi connectivity index (χ0v) is 13.2. The number of aliphatic carboxylic acids is 1. The van der Waals surface area contributed by atoms with Crippen molar-refractivity contribution in [3.63, 3.8) is 0 Å². The van der Waals surface area contributed by atoms with Crippen LogP contribution in [0.3, 0.4) is 0 Å². The second-order valence-electron chi connectivity index (χ2n) is 6.29. The molecule has 118 valence electrons. The van der Waals surface area contributed by atoms with Crippen LogP contribution in [0.25, 0.3) is 10.9 Å². The van der Waals surface area contributed by atoms with Gasteiger partial charge in [0.25, 0.3) is 0 Å². The first-order valence-electron chi connectivity index (χ1n) is 8.16. The zero-order chi connectivity index (χ0) is 15.5. The molecule has 1 aromatic heterocycles. The molecule has 2 heterocycles. The first-order chi connectivity index (χ1) is 10.7. The number of fused-ring (bicyclic) bond motifs is 3. The number of hydrogen-bond donors (Lipinski definition) is 1. The van der Waals surface area contributed by atoms with Gasteiger partial charge in [0.2, 0.25) is 0 Å². The van der Waals surface area contributed by atoms with Crippen LogP contribution in [-0.2, 0) is 24.3 Å². The number of hydrogen-bond acceptors (Lipinski definition) is 2. The molecule has 0 bridgehead atoms. The second-order valence-corrected chi connectivity index (χ2v) is 6.29. The summed E-state index contributed by atoms with van der Waals surface area (Å²) in [5.41, 5.74) is 4.30. The van der Waals surface area contributed by atoms with Crippen LogP contribution >= 0.6 is 0 Å². The van der Waals surface area contributed by atoms with Gasteiger partial charge in [0, 0.05) is 49.1 Å². The summed E-state index contributed by atoms with van der Waals surface area (Å²) in [6, 6.07) is 8.67. The molecule has 0 atom stereocenters. The van der Waals surface area contributed by atoms with Gasteiger partial charge in [-0.25, -0.2) is 0 Å². The molecule has 4 heteroatoms. The fourth-order valence-corrected chi connectivity index (χ4v) is 3.51. The van der Waals surface area contributed by atoms with Gasteiger partial charge in [-0.1, -0.05) is 24.6 Å². The Hall–Kier alpha value is -1.81. The van der Waals surface area contributed by atoms with Gasteiger partial charge in [-0.3, -0.25) is 4.79 Å². The number of para-hydroxylation sites is 1. The number of rotatable bonds is 6. The second kappa shape index (κ2) is 6.53. The van der Waals surface area contributed by atoms with E-state index >= 15 is 0 Å². The lowest BCUT2D eigenvalue weighted by molar-refractivity contribution is -0.137. The fourth-order valence-electron chi connectivity index (χ4n) is 3.51. The van der Waals surface area contributed by atoms with E-state index in [1.165, 1.54) is 22.2 Å². The van der Waals surface area contributed by atoms with E-state index < -0.39 is 5.97 Å². The number of carbonyl (C=O) groups is 1. The maximum atomic E-state index is 10.6. The van der Waals surface area contributed by atoms with Gasteiger partial charge in [-0.2, -0.15) is 0 Å². The summed E-state index contributed by atoms with van der Waals surface area (Å²) in [4.78, 5) is 13.0. The predicted molar refractivity (Wildman–Crippen MR) is 88.1 cm³/mol. The zero-order valence-electron chi connectivity index (χ0n) is 13.2. The number of carboxylic acids is 1. The van der Waals surface area contributed by atoms with E-state index in [0.29, 0.717) is 0 Å². The molecule has 1 aliphatic heterocycles. The van der Waals surface area contributed by atoms with Crippen molar-refractivity contribution in [2.75, 3.05) is 13.6 Å². The van der Waals surface area contributed by atoms with Crippen LogP contribution in [0.5, 0.6) is 0 Å². The SMILES string of the molecule is CN1CCc2c(c3ccccc3n2CCCCCC(=O)O)C1. The highest BCUT2D eigenvalue weighted by Crippen LogP contribution is 2.30. The van der Waals surface area contributed by atoms with Gasteiger partial charge in [0.05, 0.1) is 0 Å². The van der Waals surface area contributed by atoms with E-state index in [1.54, 1.807) is 0 Å². The van der Waals surface area contributed by atoms with Crippen LogP contribution in [0.15, 0.2) is 24.3 Å². The van der Waals surface area contributed by atoms with E-state index in [4.69, 9.17) is 5.11 Å². The molecule has 0 radical (unpaired) electrons. The standard InChI is InChI=1S/C18H24N2O2/c1-19-12-10-17-15(13-19)14-7-4-5-8-16(14)20(17)11-6-2-3-9-18(21)22/h4-5,7-8H,2-3,6,9-13H2,1H3,(H,21,22). The lowest BCUT2D eigenvalue weighted by Crippen LogP contribution is -2.27. The highest BCUT2D eigenvalue weighted by Gasteiger charge is 2.21. The van der Waals surface area contributed by atoms with Crippen LogP contribution in [0, 0.1) is 0 Å². The molecule has 1 aromatic carbocycles. The summed E-state index contributed by atoms with van der Waals surface area (Å²) in [6.45, 7) is 3.14. The minimum atomic E-state index is -0.688. The minimum Gasteiger partial charge on any atom is -0.481 e. The van der Waals surface area contributed by atoms with E-state index in [2.05, 4.69) is 40.8 Å². The molecular weight excluding hydrogens is 276 g/mol. The van der Waals surface area contributed by atoms with Crippen molar-refractivity contribution in [3.8, 4) is 0 Å². The van der Waals surface area contributed by atoms with Gasteiger partial charge in [0.1, 0.15) is 0 Å². The lowest BCUT2D eigenvalue weighted by Gasteiger charge is -2.24. The summed E-state index contributed by atoms with van der Waals surface area (Å²) in [6.07, 6.45) is 4.20. The van der Waals surface area contributed by atoms with Crippen molar-refractivity contribution in [3.05, 3.63) is 35.5 Å². The third-order valence-corrected chi connectivity index (χ3v) is 4.62. The highest BCUT2D eigenvalue weighted by atomic mass is 16.4. The molecule has 0 saturated carbocycles. The summed E-state index contributed by atoms with van der Waals surface area (Å²) in [7, 11) is 2.18. The van der Waals surface area contributed by atoms with E-state index in [9.17, 15) is 4.79 Å². The van der Waals surface area contributed by atoms with Gasteiger partial charge in [-0.15, -0.1) is 0 Å². The quantitative estimate of drug-likeness (QED) is 0.833. The van der Waals surface area contributed by atoms with Gasteiger partial charge < -0.3 is 14.6 Å². The molecule has 0 saturated heterocycles. The maximum Gasteiger partial charge on any atom is 0.303 e. The third-order valence-electron chi connectivity index (χ3n) is 4.62. The van der Waals surface area contributed by atoms with E-state index in [-0.39, 0.29) is 6.42 Å². The van der Waals surface area contributed by atoms with Crippen LogP contribution in [-0.4, -0.2) is 34.1 Å². The monoisotopic (exact) mass is 300 g/mol. The fraction of sp³-hybridized carbons (Fsp3) is 0.500. The number of benzene rings is 1. The van der Waals surface area contributed by atoms with Crippen molar-refractivity contribution in [2.45, 2.75) is 45.2 Å². The first-order valence-corrected chi connectivity index (χ1v) is 8.16. The Morgan fingerprint density at radius 3 is 2.86 bits per heavy atom. The Morgan fingerprint density at radius 1 is 1.23 bits per heavy atom. The van der Waals surface area contributed by atoms with Gasteiger partial charge in [-0.05, 0) is 31.5 Å². The average molecular weight is 300 g/mol. The van der Waals surface area contributed by atoms with Crippen LogP contribution in [0.4, 0.5) is 0 Å². The summed E-state index contributed by atoms with van der Waals surface area (Å²) >= 11 is 0. The smallest absolute Gasteiger partial charge is 0.303 e. The molecule has 0 fully saturated rings. The Morgan fingerprint density at radius 2 is 2.05 bits per heavy atom. The molecule has 0 unspecified atom stereocenters. The number of nitrogens with zero attached hydrogens (tertiary/aromatic N) is 2. The number of likely N-dealkylation sites (N-methyl/N-ethyl adjacent to an activating group) is 1. The Bertz CT molecular complexity index is 675. The highest BCUT2D eigenvalue weighted by molar-refractivity contribution is 5.85. The van der Waals surface area contributed by atoms with Crippen LogP contribution in [0.2, 0.25) is 0 Å². The molecule has 0 spiro atoms. The molecule has 0 amide bonds. The largest absolute Gasteiger partial charge is 0.481 e. The molecule has 2 aromatic rings. The summed E-state index contributed by atoms with van der Waals surface area (Å²) in [5.74, 6) is -0.688. The topological polar surface area (TPSA) is 45.5 Å². The van der Waals surface area contributed by atoms with Crippen molar-refractivity contribution >= 4 is 16.9 Å². The van der Waals surface area contributed by atoms with Crippen molar-refractivity contribution in [2.24, 2.45) is 0 Å². The number of unbranched alkanes of at least 4 members (excludes halogenated alkanes) is 2. The predicted octanol–water partition coefficient (Wildman–Crippen LogP) is 3.27. The van der Waals surface area contributed by atoms with Crippen molar-refractivity contribution in [1.82, 2.24) is 9.47 Å². The van der Waals surface area contributed by atoms with Crippen molar-refractivity contribution in [1.29, 1.82) is 0 Å². The van der Waals surface area contributed by atoms with E-state index in [1.807, 2.05) is 0 Å². The minimum absolute atomic E-state index is 0.287. The molecule has 0 aliphatic carbocycles. The maximum absolute atomic E-state index is 10.6. The molecule has 22 heavy (non-hydrogen) atoms. The Kier molecular flexibility index (Phi) is 4.48. The van der Waals surface area contributed by atoms with Crippen LogP contribution in [0.1, 0.15) is 36.9 Å². The molecule has 3 rings (SSSR count). The molecule has 4 nitrogen and oxygen atoms in total. The summed E-state index contributed by atoms with van der Waals surface area (Å²) < 4.78 is 2.47. The van der Waals surface area contributed by atoms with Crippen molar-refractivity contribution < 1.29 is 9.90 Å². The van der Waals surface area contributed by atoms with Crippen LogP contribution < -0.4 is 0 Å². The Balaban J connectivity index is 1.78. The van der Waals surface area contributed by atoms with Gasteiger partial charge in [0.15, 0.2) is 0 Å². The third kappa shape index (κ3) is 3.02. The normalized spacial score (nSPS) is 15.1. The van der Waals surface area contributed by atoms with E-state index in [0.717, 1.165) is 45.3 Å². The number of aromatic nitrogens is 1. The molecule has 1 aliphatic rings. The Labute approximate surface area is 131 Å². The number of aryl methyl sites for hydroxylation is 1.